The highest BCUT2D eigenvalue weighted by molar-refractivity contribution is 5.90. The van der Waals surface area contributed by atoms with Crippen LogP contribution in [-0.4, -0.2) is 23.6 Å². The molecule has 0 fully saturated rings. The lowest BCUT2D eigenvalue weighted by molar-refractivity contribution is -0.116. The number of hydrogen-bond donors (Lipinski definition) is 3. The Morgan fingerprint density at radius 1 is 1.08 bits per heavy atom. The SMILES string of the molecule is CC(C)(C)c1oc(=O)oc1COC(=O)Oc1ccccc1N=Nc1ccc(NC(=O)CCN)nc1N. The Morgan fingerprint density at radius 2 is 1.81 bits per heavy atom. The number of carbonyl (C=O) groups is 2. The average Bonchev–Trinajstić information content (AvgIpc) is 3.19. The number of rotatable bonds is 8. The molecule has 0 bridgehead atoms. The highest BCUT2D eigenvalue weighted by atomic mass is 16.7. The predicted octanol–water partition coefficient (Wildman–Crippen LogP) is 3.93. The van der Waals surface area contributed by atoms with Crippen LogP contribution < -0.4 is 27.3 Å². The van der Waals surface area contributed by atoms with Crippen LogP contribution in [0.25, 0.3) is 0 Å². The van der Waals surface area contributed by atoms with Crippen molar-refractivity contribution < 1.29 is 27.9 Å². The van der Waals surface area contributed by atoms with Crippen molar-refractivity contribution in [2.24, 2.45) is 16.0 Å². The number of anilines is 2. The number of para-hydroxylation sites is 1. The number of nitrogens with zero attached hydrogens (tertiary/aromatic N) is 3. The maximum absolute atomic E-state index is 12.3. The van der Waals surface area contributed by atoms with Gasteiger partial charge in [0.1, 0.15) is 17.2 Å². The molecule has 0 spiro atoms. The maximum Gasteiger partial charge on any atom is 0.519 e. The molecule has 0 aliphatic heterocycles. The van der Waals surface area contributed by atoms with Gasteiger partial charge in [0.15, 0.2) is 29.7 Å². The van der Waals surface area contributed by atoms with E-state index in [0.717, 1.165) is 0 Å². The Bertz CT molecular complexity index is 1320. The molecule has 2 heterocycles. The first-order valence-electron chi connectivity index (χ1n) is 10.8. The van der Waals surface area contributed by atoms with Crippen LogP contribution in [0.2, 0.25) is 0 Å². The van der Waals surface area contributed by atoms with Crippen molar-refractivity contribution in [3.05, 3.63) is 58.5 Å². The minimum absolute atomic E-state index is 0.0263. The third-order valence-electron chi connectivity index (χ3n) is 4.51. The summed E-state index contributed by atoms with van der Waals surface area (Å²) in [5.74, 6) is -0.488. The van der Waals surface area contributed by atoms with E-state index in [0.29, 0.717) is 0 Å². The molecule has 0 aliphatic rings. The van der Waals surface area contributed by atoms with E-state index in [1.54, 1.807) is 18.2 Å². The van der Waals surface area contributed by atoms with E-state index in [-0.39, 0.29) is 65.8 Å². The molecule has 0 atom stereocenters. The Kier molecular flexibility index (Phi) is 8.17. The zero-order valence-electron chi connectivity index (χ0n) is 19.9. The van der Waals surface area contributed by atoms with Gasteiger partial charge in [-0.05, 0) is 24.3 Å². The van der Waals surface area contributed by atoms with E-state index in [2.05, 4.69) is 20.5 Å². The van der Waals surface area contributed by atoms with E-state index in [1.165, 1.54) is 18.2 Å². The van der Waals surface area contributed by atoms with Gasteiger partial charge in [-0.1, -0.05) is 32.9 Å². The first-order valence-corrected chi connectivity index (χ1v) is 10.8. The lowest BCUT2D eigenvalue weighted by Crippen LogP contribution is -2.17. The fourth-order valence-corrected chi connectivity index (χ4v) is 2.91. The molecule has 3 rings (SSSR count). The van der Waals surface area contributed by atoms with Crippen LogP contribution in [0.3, 0.4) is 0 Å². The highest BCUT2D eigenvalue weighted by Gasteiger charge is 2.27. The number of benzene rings is 1. The molecule has 190 valence electrons. The van der Waals surface area contributed by atoms with E-state index in [4.69, 9.17) is 29.8 Å². The third-order valence-corrected chi connectivity index (χ3v) is 4.51. The largest absolute Gasteiger partial charge is 0.519 e. The number of carbonyl (C=O) groups excluding carboxylic acids is 2. The van der Waals surface area contributed by atoms with Gasteiger partial charge in [0.05, 0.1) is 0 Å². The molecule has 13 heteroatoms. The Balaban J connectivity index is 1.67. The van der Waals surface area contributed by atoms with E-state index in [9.17, 15) is 14.4 Å². The van der Waals surface area contributed by atoms with Crippen LogP contribution >= 0.6 is 0 Å². The van der Waals surface area contributed by atoms with Crippen LogP contribution in [0.15, 0.2) is 60.3 Å². The normalized spacial score (nSPS) is 11.4. The van der Waals surface area contributed by atoms with E-state index >= 15 is 0 Å². The van der Waals surface area contributed by atoms with E-state index < -0.39 is 17.4 Å². The smallest absolute Gasteiger partial charge is 0.426 e. The Hall–Kier alpha value is -4.52. The van der Waals surface area contributed by atoms with Gasteiger partial charge in [-0.25, -0.2) is 14.6 Å². The molecule has 3 aromatic rings. The Labute approximate surface area is 205 Å². The first-order chi connectivity index (χ1) is 17.1. The molecule has 0 unspecified atom stereocenters. The number of hydrogen-bond acceptors (Lipinski definition) is 12. The second-order valence-electron chi connectivity index (χ2n) is 8.45. The summed E-state index contributed by atoms with van der Waals surface area (Å²) < 4.78 is 20.3. The average molecular weight is 498 g/mol. The van der Waals surface area contributed by atoms with Crippen molar-refractivity contribution in [2.75, 3.05) is 17.6 Å². The molecule has 0 saturated carbocycles. The topological polar surface area (TPSA) is 198 Å². The zero-order chi connectivity index (χ0) is 26.3. The van der Waals surface area contributed by atoms with Crippen molar-refractivity contribution in [1.29, 1.82) is 0 Å². The quantitative estimate of drug-likeness (QED) is 0.232. The molecular formula is C23H26N6O7. The molecule has 0 saturated heterocycles. The van der Waals surface area contributed by atoms with Crippen LogP contribution in [0.5, 0.6) is 5.75 Å². The van der Waals surface area contributed by atoms with Crippen LogP contribution in [0, 0.1) is 0 Å². The summed E-state index contributed by atoms with van der Waals surface area (Å²) in [6, 6.07) is 9.38. The van der Waals surface area contributed by atoms with Crippen molar-refractivity contribution in [1.82, 2.24) is 4.98 Å². The van der Waals surface area contributed by atoms with E-state index in [1.807, 2.05) is 20.8 Å². The molecule has 0 aliphatic carbocycles. The lowest BCUT2D eigenvalue weighted by atomic mass is 9.92. The number of nitrogens with one attached hydrogen (secondary N) is 1. The van der Waals surface area contributed by atoms with Gasteiger partial charge in [0, 0.05) is 18.4 Å². The van der Waals surface area contributed by atoms with Crippen molar-refractivity contribution in [3.63, 3.8) is 0 Å². The molecule has 5 N–H and O–H groups in total. The van der Waals surface area contributed by atoms with Crippen LogP contribution in [0.4, 0.5) is 27.8 Å². The minimum atomic E-state index is -1.06. The molecule has 1 aromatic carbocycles. The first kappa shape index (κ1) is 26.1. The molecule has 13 nitrogen and oxygen atoms in total. The van der Waals surface area contributed by atoms with Gasteiger partial charge in [0.2, 0.25) is 5.91 Å². The monoisotopic (exact) mass is 498 g/mol. The third kappa shape index (κ3) is 6.99. The molecule has 2 aromatic heterocycles. The fourth-order valence-electron chi connectivity index (χ4n) is 2.91. The number of amides is 1. The second-order valence-corrected chi connectivity index (χ2v) is 8.45. The summed E-state index contributed by atoms with van der Waals surface area (Å²) in [5, 5.41) is 10.7. The van der Waals surface area contributed by atoms with Gasteiger partial charge in [0.25, 0.3) is 0 Å². The summed E-state index contributed by atoms with van der Waals surface area (Å²) in [6.45, 7) is 5.30. The van der Waals surface area contributed by atoms with Gasteiger partial charge in [-0.15, -0.1) is 10.2 Å². The van der Waals surface area contributed by atoms with Crippen molar-refractivity contribution in [3.8, 4) is 5.75 Å². The van der Waals surface area contributed by atoms with Crippen LogP contribution in [0.1, 0.15) is 38.7 Å². The summed E-state index contributed by atoms with van der Waals surface area (Å²) in [6.07, 6.45) is -0.906. The molecule has 36 heavy (non-hydrogen) atoms. The molecule has 0 radical (unpaired) electrons. The highest BCUT2D eigenvalue weighted by Crippen LogP contribution is 2.31. The van der Waals surface area contributed by atoms with Gasteiger partial charge in [-0.2, -0.15) is 0 Å². The number of ether oxygens (including phenoxy) is 2. The fraction of sp³-hybridized carbons (Fsp3) is 0.304. The summed E-state index contributed by atoms with van der Waals surface area (Å²) in [4.78, 5) is 39.5. The second kappa shape index (κ2) is 11.3. The lowest BCUT2D eigenvalue weighted by Gasteiger charge is -2.14. The summed E-state index contributed by atoms with van der Waals surface area (Å²) >= 11 is 0. The molecular weight excluding hydrogens is 472 g/mol. The standard InChI is InChI=1S/C23H26N6O7/c1-23(2,3)19-16(35-22(32)36-19)12-33-21(31)34-15-7-5-4-6-13(15)28-29-14-8-9-17(27-20(14)25)26-18(30)10-11-24/h4-9H,10-12,24H2,1-3H3,(H3,25,26,27,30). The van der Waals surface area contributed by atoms with Crippen molar-refractivity contribution in [2.45, 2.75) is 39.2 Å². The zero-order valence-corrected chi connectivity index (χ0v) is 19.9. The van der Waals surface area contributed by atoms with Crippen LogP contribution in [-0.2, 0) is 21.6 Å². The molecule has 1 amide bonds. The van der Waals surface area contributed by atoms with Gasteiger partial charge >= 0.3 is 12.0 Å². The van der Waals surface area contributed by atoms with Gasteiger partial charge in [-0.3, -0.25) is 4.79 Å². The number of aromatic nitrogens is 1. The minimum Gasteiger partial charge on any atom is -0.426 e. The number of pyridine rings is 1. The van der Waals surface area contributed by atoms with Crippen molar-refractivity contribution >= 4 is 35.1 Å². The summed E-state index contributed by atoms with van der Waals surface area (Å²) in [7, 11) is 0. The summed E-state index contributed by atoms with van der Waals surface area (Å²) in [5.41, 5.74) is 11.2. The number of nitrogen functional groups attached to an aromatic ring is 1. The Morgan fingerprint density at radius 3 is 2.50 bits per heavy atom. The van der Waals surface area contributed by atoms with Gasteiger partial charge < -0.3 is 35.1 Å². The maximum atomic E-state index is 12.3. The number of azo groups is 1. The number of nitrogens with two attached hydrogens (primary N) is 2. The predicted molar refractivity (Wildman–Crippen MR) is 128 cm³/mol.